The van der Waals surface area contributed by atoms with Gasteiger partial charge in [-0.2, -0.15) is 0 Å². The van der Waals surface area contributed by atoms with E-state index in [1.165, 1.54) is 385 Å². The first-order valence-electron chi connectivity index (χ1n) is 40.8. The van der Waals surface area contributed by atoms with Crippen LogP contribution >= 0.6 is 0 Å². The fourth-order valence-corrected chi connectivity index (χ4v) is 13.0. The standard InChI is InChI=1S/C83H159NO5/c1-3-5-7-9-11-13-15-17-19-21-23-37-40-43-47-51-55-59-63-67-71-75-81(86)80(79-85)84-82(87)76-72-68-64-60-56-52-48-44-41-38-35-33-31-29-27-25-24-26-28-30-32-34-36-39-42-46-50-54-58-62-66-70-74-78-89-83(88)77-73-69-65-61-57-53-49-45-22-20-18-16-14-12-10-8-6-4-2/h28,30,34,36,71,75,80-81,85-86H,3-27,29,31-33,35,37-70,72-74,76-79H2,1-2H3,(H,84,87)/b30-28-,36-34-,75-71+. The van der Waals surface area contributed by atoms with Crippen LogP contribution in [0.2, 0.25) is 0 Å². The highest BCUT2D eigenvalue weighted by Gasteiger charge is 2.18. The molecule has 0 rings (SSSR count). The third kappa shape index (κ3) is 75.0. The second kappa shape index (κ2) is 78.5. The average Bonchev–Trinajstić information content (AvgIpc) is 3.67. The molecule has 0 bridgehead atoms. The molecular weight excluding hydrogens is 1090 g/mol. The molecule has 0 saturated heterocycles. The molecular formula is C83H159NO5. The van der Waals surface area contributed by atoms with Crippen molar-refractivity contribution < 1.29 is 24.5 Å². The lowest BCUT2D eigenvalue weighted by molar-refractivity contribution is -0.143. The molecule has 0 heterocycles. The summed E-state index contributed by atoms with van der Waals surface area (Å²) in [6.07, 6.45) is 103. The number of aliphatic hydroxyl groups is 2. The number of allylic oxidation sites excluding steroid dienone is 5. The van der Waals surface area contributed by atoms with Crippen molar-refractivity contribution in [3.8, 4) is 0 Å². The quantitative estimate of drug-likeness (QED) is 0.0320. The lowest BCUT2D eigenvalue weighted by Crippen LogP contribution is -2.45. The van der Waals surface area contributed by atoms with Crippen molar-refractivity contribution in [3.63, 3.8) is 0 Å². The van der Waals surface area contributed by atoms with Gasteiger partial charge in [-0.05, 0) is 64.2 Å². The van der Waals surface area contributed by atoms with E-state index >= 15 is 0 Å². The molecule has 0 aromatic carbocycles. The zero-order valence-electron chi connectivity index (χ0n) is 60.4. The van der Waals surface area contributed by atoms with Crippen LogP contribution in [0.1, 0.15) is 457 Å². The second-order valence-corrected chi connectivity index (χ2v) is 28.1. The summed E-state index contributed by atoms with van der Waals surface area (Å²) in [5, 5.41) is 23.3. The predicted molar refractivity (Wildman–Crippen MR) is 393 cm³/mol. The van der Waals surface area contributed by atoms with Crippen LogP contribution in [0, 0.1) is 0 Å². The second-order valence-electron chi connectivity index (χ2n) is 28.1. The van der Waals surface area contributed by atoms with Crippen molar-refractivity contribution in [2.75, 3.05) is 13.2 Å². The number of ether oxygens (including phenoxy) is 1. The van der Waals surface area contributed by atoms with Gasteiger partial charge in [0.1, 0.15) is 0 Å². The van der Waals surface area contributed by atoms with Crippen LogP contribution in [-0.2, 0) is 14.3 Å². The highest BCUT2D eigenvalue weighted by Crippen LogP contribution is 2.20. The molecule has 2 unspecified atom stereocenters. The highest BCUT2D eigenvalue weighted by atomic mass is 16.5. The van der Waals surface area contributed by atoms with Gasteiger partial charge in [0.25, 0.3) is 0 Å². The molecule has 0 aliphatic heterocycles. The van der Waals surface area contributed by atoms with E-state index in [9.17, 15) is 19.8 Å². The topological polar surface area (TPSA) is 95.9 Å². The molecule has 3 N–H and O–H groups in total. The number of esters is 1. The first-order chi connectivity index (χ1) is 44.0. The van der Waals surface area contributed by atoms with Crippen LogP contribution in [0.3, 0.4) is 0 Å². The van der Waals surface area contributed by atoms with Crippen molar-refractivity contribution in [2.24, 2.45) is 0 Å². The van der Waals surface area contributed by atoms with Gasteiger partial charge in [-0.15, -0.1) is 0 Å². The van der Waals surface area contributed by atoms with Crippen LogP contribution in [0.25, 0.3) is 0 Å². The third-order valence-electron chi connectivity index (χ3n) is 19.2. The lowest BCUT2D eigenvalue weighted by Gasteiger charge is -2.20. The Hall–Kier alpha value is -1.92. The Morgan fingerprint density at radius 2 is 0.562 bits per heavy atom. The van der Waals surface area contributed by atoms with Crippen LogP contribution in [0.4, 0.5) is 0 Å². The maximum Gasteiger partial charge on any atom is 0.305 e. The minimum absolute atomic E-state index is 0.0192. The Morgan fingerprint density at radius 1 is 0.315 bits per heavy atom. The van der Waals surface area contributed by atoms with E-state index < -0.39 is 12.1 Å². The summed E-state index contributed by atoms with van der Waals surface area (Å²) < 4.78 is 5.51. The van der Waals surface area contributed by atoms with Gasteiger partial charge >= 0.3 is 5.97 Å². The van der Waals surface area contributed by atoms with Gasteiger partial charge in [-0.3, -0.25) is 9.59 Å². The number of aliphatic hydroxyl groups excluding tert-OH is 2. The fraction of sp³-hybridized carbons (Fsp3) is 0.904. The summed E-state index contributed by atoms with van der Waals surface area (Å²) in [6, 6.07) is -0.628. The normalized spacial score (nSPS) is 12.6. The van der Waals surface area contributed by atoms with Gasteiger partial charge in [0, 0.05) is 12.8 Å². The van der Waals surface area contributed by atoms with E-state index in [0.29, 0.717) is 19.4 Å². The molecule has 0 radical (unpaired) electrons. The van der Waals surface area contributed by atoms with Crippen LogP contribution < -0.4 is 5.32 Å². The first kappa shape index (κ1) is 87.1. The van der Waals surface area contributed by atoms with Crippen molar-refractivity contribution in [2.45, 2.75) is 469 Å². The van der Waals surface area contributed by atoms with Crippen LogP contribution in [0.15, 0.2) is 36.5 Å². The summed E-state index contributed by atoms with van der Waals surface area (Å²) in [5.74, 6) is -0.0423. The summed E-state index contributed by atoms with van der Waals surface area (Å²) >= 11 is 0. The zero-order chi connectivity index (χ0) is 64.2. The molecule has 0 aromatic rings. The molecule has 0 aliphatic rings. The molecule has 2 atom stereocenters. The molecule has 0 aromatic heterocycles. The number of carbonyl (C=O) groups excluding carboxylic acids is 2. The molecule has 89 heavy (non-hydrogen) atoms. The lowest BCUT2D eigenvalue weighted by atomic mass is 10.0. The number of hydrogen-bond donors (Lipinski definition) is 3. The minimum Gasteiger partial charge on any atom is -0.466 e. The van der Waals surface area contributed by atoms with E-state index in [2.05, 4.69) is 43.5 Å². The first-order valence-corrected chi connectivity index (χ1v) is 40.8. The number of amides is 1. The summed E-state index contributed by atoms with van der Waals surface area (Å²) in [6.45, 7) is 4.96. The SMILES string of the molecule is CCCCCCCCCCCCCCCCCCCCC/C=C/C(O)C(CO)NC(=O)CCCCCCCCCCCCCCCCCCC/C=C\C/C=C\CCCCCCCCCCCOC(=O)CCCCCCCCCCCCCCCCCCCC. The number of unbranched alkanes of at least 4 members (excludes halogenated alkanes) is 62. The molecule has 0 fully saturated rings. The Bertz CT molecular complexity index is 1440. The molecule has 6 nitrogen and oxygen atoms in total. The number of nitrogens with one attached hydrogen (secondary N) is 1. The van der Waals surface area contributed by atoms with Crippen molar-refractivity contribution in [1.29, 1.82) is 0 Å². The number of hydrogen-bond acceptors (Lipinski definition) is 5. The van der Waals surface area contributed by atoms with Gasteiger partial charge in [0.15, 0.2) is 0 Å². The van der Waals surface area contributed by atoms with E-state index in [1.807, 2.05) is 6.08 Å². The van der Waals surface area contributed by atoms with Crippen LogP contribution in [0.5, 0.6) is 0 Å². The summed E-state index contributed by atoms with van der Waals surface area (Å²) in [7, 11) is 0. The Morgan fingerprint density at radius 3 is 0.854 bits per heavy atom. The Balaban J connectivity index is 3.39. The fourth-order valence-electron chi connectivity index (χ4n) is 13.0. The Labute approximate surface area is 557 Å². The van der Waals surface area contributed by atoms with Gasteiger partial charge in [-0.25, -0.2) is 0 Å². The van der Waals surface area contributed by atoms with Crippen molar-refractivity contribution in [1.82, 2.24) is 5.32 Å². The molecule has 6 heteroatoms. The summed E-state index contributed by atoms with van der Waals surface area (Å²) in [5.41, 5.74) is 0. The van der Waals surface area contributed by atoms with Crippen molar-refractivity contribution in [3.05, 3.63) is 36.5 Å². The maximum atomic E-state index is 12.5. The smallest absolute Gasteiger partial charge is 0.305 e. The number of carbonyl (C=O) groups is 2. The maximum absolute atomic E-state index is 12.5. The largest absolute Gasteiger partial charge is 0.466 e. The van der Waals surface area contributed by atoms with Crippen molar-refractivity contribution >= 4 is 11.9 Å². The summed E-state index contributed by atoms with van der Waals surface area (Å²) in [4.78, 5) is 24.7. The van der Waals surface area contributed by atoms with Gasteiger partial charge in [-0.1, -0.05) is 416 Å². The molecule has 1 amide bonds. The molecule has 0 saturated carbocycles. The van der Waals surface area contributed by atoms with Gasteiger partial charge < -0.3 is 20.3 Å². The van der Waals surface area contributed by atoms with E-state index in [4.69, 9.17) is 4.74 Å². The van der Waals surface area contributed by atoms with E-state index in [-0.39, 0.29) is 18.5 Å². The van der Waals surface area contributed by atoms with Gasteiger partial charge in [0.05, 0.1) is 25.4 Å². The molecule has 0 spiro atoms. The predicted octanol–water partition coefficient (Wildman–Crippen LogP) is 27.0. The zero-order valence-corrected chi connectivity index (χ0v) is 60.4. The molecule has 526 valence electrons. The molecule has 0 aliphatic carbocycles. The van der Waals surface area contributed by atoms with E-state index in [0.717, 1.165) is 44.9 Å². The minimum atomic E-state index is -0.845. The van der Waals surface area contributed by atoms with Crippen LogP contribution in [-0.4, -0.2) is 47.4 Å². The third-order valence-corrected chi connectivity index (χ3v) is 19.2. The highest BCUT2D eigenvalue weighted by molar-refractivity contribution is 5.76. The Kier molecular flexibility index (Phi) is 76.8. The van der Waals surface area contributed by atoms with Gasteiger partial charge in [0.2, 0.25) is 5.91 Å². The van der Waals surface area contributed by atoms with E-state index in [1.54, 1.807) is 6.08 Å². The average molecular weight is 1250 g/mol. The monoisotopic (exact) mass is 1250 g/mol. The number of rotatable bonds is 77.